The van der Waals surface area contributed by atoms with E-state index in [2.05, 4.69) is 9.72 Å². The van der Waals surface area contributed by atoms with Gasteiger partial charge in [0.2, 0.25) is 0 Å². The lowest BCUT2D eigenvalue weighted by Gasteiger charge is -2.11. The molecule has 1 rings (SSSR count). The third-order valence-electron chi connectivity index (χ3n) is 1.67. The summed E-state index contributed by atoms with van der Waals surface area (Å²) in [5.74, 6) is -1.07. The molecule has 0 aliphatic rings. The van der Waals surface area contributed by atoms with Crippen molar-refractivity contribution < 1.29 is 22.7 Å². The molecule has 0 N–H and O–H groups in total. The van der Waals surface area contributed by atoms with Gasteiger partial charge in [-0.1, -0.05) is 11.6 Å². The Balaban J connectivity index is 3.23. The average molecular weight is 254 g/mol. The summed E-state index contributed by atoms with van der Waals surface area (Å²) in [5.41, 5.74) is -1.79. The summed E-state index contributed by atoms with van der Waals surface area (Å²) in [6, 6.07) is 0.591. The molecule has 0 unspecified atom stereocenters. The van der Waals surface area contributed by atoms with Crippen LogP contribution in [0.1, 0.15) is 22.8 Å². The number of halogens is 4. The second kappa shape index (κ2) is 4.69. The summed E-state index contributed by atoms with van der Waals surface area (Å²) < 4.78 is 42.1. The number of aromatic nitrogens is 1. The topological polar surface area (TPSA) is 39.2 Å². The molecule has 0 atom stereocenters. The third kappa shape index (κ3) is 2.85. The van der Waals surface area contributed by atoms with Gasteiger partial charge in [0.1, 0.15) is 5.15 Å². The van der Waals surface area contributed by atoms with E-state index in [9.17, 15) is 18.0 Å². The fourth-order valence-corrected chi connectivity index (χ4v) is 1.19. The summed E-state index contributed by atoms with van der Waals surface area (Å²) in [5, 5.41) is -0.333. The Kier molecular flexibility index (Phi) is 3.74. The minimum Gasteiger partial charge on any atom is -0.462 e. The Morgan fingerprint density at radius 1 is 1.56 bits per heavy atom. The van der Waals surface area contributed by atoms with E-state index in [1.807, 2.05) is 0 Å². The molecule has 0 saturated carbocycles. The largest absolute Gasteiger partial charge is 0.462 e. The number of hydrogen-bond donors (Lipinski definition) is 0. The normalized spacial score (nSPS) is 11.3. The molecule has 0 saturated heterocycles. The van der Waals surface area contributed by atoms with E-state index >= 15 is 0 Å². The lowest BCUT2D eigenvalue weighted by atomic mass is 10.1. The molecule has 1 aromatic rings. The van der Waals surface area contributed by atoms with Crippen LogP contribution in [0.25, 0.3) is 0 Å². The van der Waals surface area contributed by atoms with E-state index in [1.54, 1.807) is 0 Å². The zero-order chi connectivity index (χ0) is 12.3. The molecule has 88 valence electrons. The van der Waals surface area contributed by atoms with Crippen LogP contribution in [0.2, 0.25) is 5.15 Å². The van der Waals surface area contributed by atoms with Crippen molar-refractivity contribution in [3.8, 4) is 0 Å². The molecule has 0 aliphatic carbocycles. The zero-order valence-electron chi connectivity index (χ0n) is 8.14. The molecular formula is C9H7ClF3NO2. The second-order valence-electron chi connectivity index (χ2n) is 2.77. The van der Waals surface area contributed by atoms with Gasteiger partial charge >= 0.3 is 12.1 Å². The van der Waals surface area contributed by atoms with Crippen molar-refractivity contribution in [1.82, 2.24) is 4.98 Å². The maximum atomic E-state index is 12.5. The molecule has 0 radical (unpaired) electrons. The Morgan fingerprint density at radius 3 is 2.69 bits per heavy atom. The molecular weight excluding hydrogens is 247 g/mol. The molecule has 3 nitrogen and oxygen atoms in total. The highest BCUT2D eigenvalue weighted by atomic mass is 35.5. The molecule has 0 bridgehead atoms. The van der Waals surface area contributed by atoms with Crippen LogP contribution >= 0.6 is 11.6 Å². The Labute approximate surface area is 94.2 Å². The summed E-state index contributed by atoms with van der Waals surface area (Å²) >= 11 is 5.34. The van der Waals surface area contributed by atoms with E-state index in [-0.39, 0.29) is 11.8 Å². The fraction of sp³-hybridized carbons (Fsp3) is 0.333. The van der Waals surface area contributed by atoms with Gasteiger partial charge in [0.25, 0.3) is 0 Å². The molecule has 0 aliphatic heterocycles. The number of esters is 1. The number of nitrogens with zero attached hydrogens (tertiary/aromatic N) is 1. The maximum Gasteiger partial charge on any atom is 0.417 e. The molecule has 0 aromatic carbocycles. The van der Waals surface area contributed by atoms with Gasteiger partial charge < -0.3 is 4.74 Å². The van der Waals surface area contributed by atoms with Gasteiger partial charge in [0, 0.05) is 6.20 Å². The van der Waals surface area contributed by atoms with E-state index in [0.29, 0.717) is 6.07 Å². The summed E-state index contributed by atoms with van der Waals surface area (Å²) in [6.07, 6.45) is -3.92. The van der Waals surface area contributed by atoms with Gasteiger partial charge in [0.05, 0.1) is 17.7 Å². The van der Waals surface area contributed by atoms with Crippen molar-refractivity contribution in [1.29, 1.82) is 0 Å². The summed E-state index contributed by atoms with van der Waals surface area (Å²) in [7, 11) is 0. The summed E-state index contributed by atoms with van der Waals surface area (Å²) in [4.78, 5) is 14.6. The average Bonchev–Trinajstić information content (AvgIpc) is 2.16. The molecule has 7 heteroatoms. The zero-order valence-corrected chi connectivity index (χ0v) is 8.89. The molecule has 1 heterocycles. The smallest absolute Gasteiger partial charge is 0.417 e. The number of pyridine rings is 1. The van der Waals surface area contributed by atoms with Crippen molar-refractivity contribution in [2.75, 3.05) is 6.61 Å². The third-order valence-corrected chi connectivity index (χ3v) is 1.88. The lowest BCUT2D eigenvalue weighted by molar-refractivity contribution is -0.138. The van der Waals surface area contributed by atoms with Crippen molar-refractivity contribution in [3.05, 3.63) is 28.5 Å². The lowest BCUT2D eigenvalue weighted by Crippen LogP contribution is -2.15. The fourth-order valence-electron chi connectivity index (χ4n) is 1.04. The van der Waals surface area contributed by atoms with Crippen molar-refractivity contribution in [2.45, 2.75) is 13.1 Å². The minimum atomic E-state index is -4.67. The highest BCUT2D eigenvalue weighted by Gasteiger charge is 2.36. The second-order valence-corrected chi connectivity index (χ2v) is 3.16. The quantitative estimate of drug-likeness (QED) is 0.601. The first kappa shape index (κ1) is 12.8. The van der Waals surface area contributed by atoms with Crippen molar-refractivity contribution >= 4 is 17.6 Å². The molecule has 0 fully saturated rings. The van der Waals surface area contributed by atoms with Crippen molar-refractivity contribution in [2.24, 2.45) is 0 Å². The first-order chi connectivity index (χ1) is 7.36. The predicted octanol–water partition coefficient (Wildman–Crippen LogP) is 2.93. The van der Waals surface area contributed by atoms with Crippen LogP contribution in [0.4, 0.5) is 13.2 Å². The van der Waals surface area contributed by atoms with Crippen LogP contribution in [-0.4, -0.2) is 17.6 Å². The Morgan fingerprint density at radius 2 is 2.19 bits per heavy atom. The molecule has 16 heavy (non-hydrogen) atoms. The van der Waals surface area contributed by atoms with Gasteiger partial charge in [0.15, 0.2) is 0 Å². The number of rotatable bonds is 2. The Bertz CT molecular complexity index is 406. The van der Waals surface area contributed by atoms with E-state index in [0.717, 1.165) is 6.20 Å². The first-order valence-electron chi connectivity index (χ1n) is 4.26. The SMILES string of the molecule is CCOC(=O)c1cnc(Cl)cc1C(F)(F)F. The number of carbonyl (C=O) groups excluding carboxylic acids is 1. The van der Waals surface area contributed by atoms with Gasteiger partial charge in [-0.25, -0.2) is 9.78 Å². The van der Waals surface area contributed by atoms with Gasteiger partial charge in [-0.3, -0.25) is 0 Å². The van der Waals surface area contributed by atoms with Gasteiger partial charge in [-0.15, -0.1) is 0 Å². The first-order valence-corrected chi connectivity index (χ1v) is 4.64. The number of alkyl halides is 3. The van der Waals surface area contributed by atoms with Gasteiger partial charge in [-0.2, -0.15) is 13.2 Å². The summed E-state index contributed by atoms with van der Waals surface area (Å²) in [6.45, 7) is 1.48. The number of ether oxygens (including phenoxy) is 1. The highest BCUT2D eigenvalue weighted by molar-refractivity contribution is 6.29. The van der Waals surface area contributed by atoms with Crippen molar-refractivity contribution in [3.63, 3.8) is 0 Å². The van der Waals surface area contributed by atoms with E-state index in [4.69, 9.17) is 11.6 Å². The van der Waals surface area contributed by atoms with E-state index < -0.39 is 23.3 Å². The van der Waals surface area contributed by atoms with Crippen LogP contribution in [0.5, 0.6) is 0 Å². The monoisotopic (exact) mass is 253 g/mol. The van der Waals surface area contributed by atoms with E-state index in [1.165, 1.54) is 6.92 Å². The van der Waals surface area contributed by atoms with Crippen LogP contribution in [-0.2, 0) is 10.9 Å². The van der Waals surface area contributed by atoms with Crippen LogP contribution in [0, 0.1) is 0 Å². The molecule has 1 aromatic heterocycles. The minimum absolute atomic E-state index is 0.0151. The van der Waals surface area contributed by atoms with Crippen LogP contribution < -0.4 is 0 Å². The number of carbonyl (C=O) groups is 1. The maximum absolute atomic E-state index is 12.5. The van der Waals surface area contributed by atoms with Crippen LogP contribution in [0.15, 0.2) is 12.3 Å². The predicted molar refractivity (Wildman–Crippen MR) is 50.2 cm³/mol. The molecule has 0 amide bonds. The Hall–Kier alpha value is -1.30. The van der Waals surface area contributed by atoms with Crippen LogP contribution in [0.3, 0.4) is 0 Å². The standard InChI is InChI=1S/C9H7ClF3NO2/c1-2-16-8(15)5-4-14-7(10)3-6(5)9(11,12)13/h3-4H,2H2,1H3. The van der Waals surface area contributed by atoms with Gasteiger partial charge in [-0.05, 0) is 13.0 Å². The highest BCUT2D eigenvalue weighted by Crippen LogP contribution is 2.33. The number of hydrogen-bond acceptors (Lipinski definition) is 3. The molecule has 0 spiro atoms.